The molecule has 31 heavy (non-hydrogen) atoms. The highest BCUT2D eigenvalue weighted by atomic mass is 16.2. The Labute approximate surface area is 180 Å². The normalized spacial score (nSPS) is 14.1. The van der Waals surface area contributed by atoms with Crippen molar-refractivity contribution < 1.29 is 14.4 Å². The lowest BCUT2D eigenvalue weighted by Crippen LogP contribution is -2.40. The van der Waals surface area contributed by atoms with Crippen LogP contribution in [0.2, 0.25) is 0 Å². The first-order chi connectivity index (χ1) is 14.9. The molecule has 1 aromatic heterocycles. The molecule has 3 aromatic rings. The van der Waals surface area contributed by atoms with Gasteiger partial charge in [0.1, 0.15) is 0 Å². The maximum atomic E-state index is 12.7. The van der Waals surface area contributed by atoms with Gasteiger partial charge in [-0.1, -0.05) is 12.1 Å². The number of aromatic nitrogens is 2. The largest absolute Gasteiger partial charge is 0.322 e. The van der Waals surface area contributed by atoms with Crippen molar-refractivity contribution in [2.45, 2.75) is 39.7 Å². The van der Waals surface area contributed by atoms with E-state index in [-0.39, 0.29) is 17.7 Å². The molecule has 0 atom stereocenters. The van der Waals surface area contributed by atoms with Crippen LogP contribution < -0.4 is 10.2 Å². The van der Waals surface area contributed by atoms with E-state index in [4.69, 9.17) is 0 Å². The predicted molar refractivity (Wildman–Crippen MR) is 118 cm³/mol. The Morgan fingerprint density at radius 2 is 1.71 bits per heavy atom. The average Bonchev–Trinajstić information content (AvgIpc) is 3.06. The van der Waals surface area contributed by atoms with Gasteiger partial charge < -0.3 is 5.32 Å². The molecule has 1 aliphatic heterocycles. The van der Waals surface area contributed by atoms with Crippen molar-refractivity contribution in [3.05, 3.63) is 77.1 Å². The summed E-state index contributed by atoms with van der Waals surface area (Å²) in [5.74, 6) is -0.604. The molecule has 2 aromatic carbocycles. The second kappa shape index (κ2) is 8.55. The van der Waals surface area contributed by atoms with E-state index in [9.17, 15) is 14.4 Å². The molecule has 3 amide bonds. The maximum Gasteiger partial charge on any atom is 0.255 e. The molecular formula is C24H24N4O3. The van der Waals surface area contributed by atoms with Crippen LogP contribution in [0.4, 0.5) is 11.4 Å². The summed E-state index contributed by atoms with van der Waals surface area (Å²) in [5, 5.41) is 7.34. The molecule has 0 spiro atoms. The number of hydrogen-bond donors (Lipinski definition) is 1. The third-order valence-corrected chi connectivity index (χ3v) is 5.29. The van der Waals surface area contributed by atoms with Crippen LogP contribution in [-0.2, 0) is 16.1 Å². The number of piperidine rings is 1. The Balaban J connectivity index is 1.45. The third kappa shape index (κ3) is 4.55. The van der Waals surface area contributed by atoms with Crippen molar-refractivity contribution in [1.29, 1.82) is 0 Å². The van der Waals surface area contributed by atoms with Gasteiger partial charge in [0.15, 0.2) is 0 Å². The summed E-state index contributed by atoms with van der Waals surface area (Å²) in [7, 11) is 0. The van der Waals surface area contributed by atoms with E-state index >= 15 is 0 Å². The highest BCUT2D eigenvalue weighted by Crippen LogP contribution is 2.24. The van der Waals surface area contributed by atoms with Crippen LogP contribution in [0.1, 0.15) is 46.6 Å². The first kappa shape index (κ1) is 20.5. The van der Waals surface area contributed by atoms with Crippen molar-refractivity contribution in [3.63, 3.8) is 0 Å². The van der Waals surface area contributed by atoms with Gasteiger partial charge in [-0.05, 0) is 68.3 Å². The van der Waals surface area contributed by atoms with E-state index in [0.29, 0.717) is 42.7 Å². The molecule has 1 fully saturated rings. The second-order valence-corrected chi connectivity index (χ2v) is 7.76. The molecule has 1 aliphatic rings. The highest BCUT2D eigenvalue weighted by molar-refractivity contribution is 6.16. The summed E-state index contributed by atoms with van der Waals surface area (Å²) in [6.45, 7) is 4.55. The first-order valence-electron chi connectivity index (χ1n) is 10.3. The van der Waals surface area contributed by atoms with Crippen molar-refractivity contribution in [1.82, 2.24) is 9.78 Å². The fraction of sp³-hybridized carbons (Fsp3) is 0.250. The Morgan fingerprint density at radius 3 is 2.35 bits per heavy atom. The zero-order valence-electron chi connectivity index (χ0n) is 17.6. The van der Waals surface area contributed by atoms with Crippen molar-refractivity contribution in [2.24, 2.45) is 0 Å². The topological polar surface area (TPSA) is 84.3 Å². The molecule has 158 valence electrons. The number of carbonyl (C=O) groups is 3. The minimum absolute atomic E-state index is 0.188. The smallest absolute Gasteiger partial charge is 0.255 e. The lowest BCUT2D eigenvalue weighted by Gasteiger charge is -2.24. The molecule has 2 heterocycles. The van der Waals surface area contributed by atoms with Crippen LogP contribution in [0.5, 0.6) is 0 Å². The van der Waals surface area contributed by atoms with Crippen LogP contribution in [0, 0.1) is 13.8 Å². The summed E-state index contributed by atoms with van der Waals surface area (Å²) in [6.07, 6.45) is 1.34. The third-order valence-electron chi connectivity index (χ3n) is 5.29. The molecule has 0 saturated carbocycles. The Kier molecular flexibility index (Phi) is 5.66. The molecule has 7 heteroatoms. The van der Waals surface area contributed by atoms with Gasteiger partial charge in [-0.3, -0.25) is 24.0 Å². The summed E-state index contributed by atoms with van der Waals surface area (Å²) < 4.78 is 1.91. The molecular weight excluding hydrogens is 392 g/mol. The molecule has 1 saturated heterocycles. The van der Waals surface area contributed by atoms with Gasteiger partial charge in [0.2, 0.25) is 11.8 Å². The van der Waals surface area contributed by atoms with Gasteiger partial charge >= 0.3 is 0 Å². The highest BCUT2D eigenvalue weighted by Gasteiger charge is 2.27. The zero-order chi connectivity index (χ0) is 22.0. The second-order valence-electron chi connectivity index (χ2n) is 7.76. The number of nitrogens with one attached hydrogen (secondary N) is 1. The molecule has 7 nitrogen and oxygen atoms in total. The van der Waals surface area contributed by atoms with Crippen LogP contribution in [0.3, 0.4) is 0 Å². The Morgan fingerprint density at radius 1 is 1.00 bits per heavy atom. The molecule has 1 N–H and O–H groups in total. The number of aryl methyl sites for hydroxylation is 2. The minimum atomic E-state index is -0.229. The lowest BCUT2D eigenvalue weighted by molar-refractivity contribution is -0.129. The Hall–Kier alpha value is -3.74. The van der Waals surface area contributed by atoms with Crippen LogP contribution in [-0.4, -0.2) is 27.5 Å². The monoisotopic (exact) mass is 416 g/mol. The number of carbonyl (C=O) groups excluding carboxylic acids is 3. The fourth-order valence-corrected chi connectivity index (χ4v) is 3.76. The van der Waals surface area contributed by atoms with Gasteiger partial charge in [0, 0.05) is 29.8 Å². The molecule has 0 radical (unpaired) electrons. The number of benzene rings is 2. The average molecular weight is 416 g/mol. The maximum absolute atomic E-state index is 12.7. The number of rotatable bonds is 5. The number of hydrogen-bond acceptors (Lipinski definition) is 4. The van der Waals surface area contributed by atoms with E-state index < -0.39 is 0 Å². The van der Waals surface area contributed by atoms with E-state index in [2.05, 4.69) is 10.4 Å². The molecule has 0 aliphatic carbocycles. The predicted octanol–water partition coefficient (Wildman–Crippen LogP) is 3.84. The van der Waals surface area contributed by atoms with Crippen molar-refractivity contribution in [3.8, 4) is 0 Å². The van der Waals surface area contributed by atoms with Crippen molar-refractivity contribution >= 4 is 29.1 Å². The van der Waals surface area contributed by atoms with Gasteiger partial charge in [0.05, 0.1) is 17.9 Å². The lowest BCUT2D eigenvalue weighted by atomic mass is 10.1. The number of imide groups is 1. The Bertz CT molecular complexity index is 1130. The van der Waals surface area contributed by atoms with E-state index in [0.717, 1.165) is 17.0 Å². The minimum Gasteiger partial charge on any atom is -0.322 e. The molecule has 0 bridgehead atoms. The quantitative estimate of drug-likeness (QED) is 0.641. The number of anilines is 2. The van der Waals surface area contributed by atoms with Gasteiger partial charge in [-0.15, -0.1) is 0 Å². The van der Waals surface area contributed by atoms with E-state index in [1.807, 2.05) is 42.8 Å². The van der Waals surface area contributed by atoms with E-state index in [1.165, 1.54) is 4.90 Å². The SMILES string of the molecule is Cc1cc(C)n(Cc2cccc(C(=O)Nc3ccc(N4C(=O)CCCC4=O)cc3)c2)n1. The van der Waals surface area contributed by atoms with E-state index in [1.54, 1.807) is 30.3 Å². The van der Waals surface area contributed by atoms with Crippen LogP contribution >= 0.6 is 0 Å². The van der Waals surface area contributed by atoms with Gasteiger partial charge in [0.25, 0.3) is 5.91 Å². The standard InChI is InChI=1S/C24H24N4O3/c1-16-13-17(2)27(26-16)15-18-5-3-6-19(14-18)24(31)25-20-9-11-21(12-10-20)28-22(29)7-4-8-23(28)30/h3,5-6,9-14H,4,7-8,15H2,1-2H3,(H,25,31). The summed E-state index contributed by atoms with van der Waals surface area (Å²) in [5.41, 5.74) is 4.68. The fourth-order valence-electron chi connectivity index (χ4n) is 3.76. The summed E-state index contributed by atoms with van der Waals surface area (Å²) in [4.78, 5) is 38.1. The summed E-state index contributed by atoms with van der Waals surface area (Å²) in [6, 6.07) is 16.2. The molecule has 0 unspecified atom stereocenters. The summed E-state index contributed by atoms with van der Waals surface area (Å²) >= 11 is 0. The van der Waals surface area contributed by atoms with Crippen molar-refractivity contribution in [2.75, 3.05) is 10.2 Å². The number of amides is 3. The zero-order valence-corrected chi connectivity index (χ0v) is 17.6. The molecule has 4 rings (SSSR count). The first-order valence-corrected chi connectivity index (χ1v) is 10.3. The van der Waals surface area contributed by atoms with Crippen LogP contribution in [0.15, 0.2) is 54.6 Å². The van der Waals surface area contributed by atoms with Crippen LogP contribution in [0.25, 0.3) is 0 Å². The van der Waals surface area contributed by atoms with Gasteiger partial charge in [-0.25, -0.2) is 0 Å². The van der Waals surface area contributed by atoms with Gasteiger partial charge in [-0.2, -0.15) is 5.10 Å². The number of nitrogens with zero attached hydrogens (tertiary/aromatic N) is 3.